The van der Waals surface area contributed by atoms with E-state index < -0.39 is 0 Å². The lowest BCUT2D eigenvalue weighted by Crippen LogP contribution is -2.39. The van der Waals surface area contributed by atoms with Gasteiger partial charge in [0.2, 0.25) is 0 Å². The van der Waals surface area contributed by atoms with Gasteiger partial charge in [-0.15, -0.1) is 0 Å². The maximum absolute atomic E-state index is 8.63. The third-order valence-corrected chi connectivity index (χ3v) is 4.23. The minimum Gasteiger partial charge on any atom is -0.396 e. The first-order chi connectivity index (χ1) is 6.84. The molecule has 2 unspecified atom stereocenters. The Kier molecular flexibility index (Phi) is 6.65. The summed E-state index contributed by atoms with van der Waals surface area (Å²) in [5, 5.41) is 13.0. The molecule has 0 aromatic rings. The monoisotopic (exact) mass is 217 g/mol. The summed E-state index contributed by atoms with van der Waals surface area (Å²) < 4.78 is 0. The number of rotatable bonds is 6. The number of hydrogen-bond acceptors (Lipinski definition) is 3. The van der Waals surface area contributed by atoms with E-state index >= 15 is 0 Å². The Morgan fingerprint density at radius 3 is 2.93 bits per heavy atom. The largest absolute Gasteiger partial charge is 0.396 e. The predicted molar refractivity (Wildman–Crippen MR) is 63.9 cm³/mol. The summed E-state index contributed by atoms with van der Waals surface area (Å²) in [5.41, 5.74) is 0. The molecule has 0 aromatic carbocycles. The normalized spacial score (nSPS) is 27.9. The average Bonchev–Trinajstić information content (AvgIpc) is 2.20. The van der Waals surface area contributed by atoms with Crippen LogP contribution in [0.1, 0.15) is 39.0 Å². The molecule has 1 fully saturated rings. The highest BCUT2D eigenvalue weighted by Gasteiger charge is 2.20. The molecule has 84 valence electrons. The van der Waals surface area contributed by atoms with Crippen LogP contribution in [-0.4, -0.2) is 35.3 Å². The van der Waals surface area contributed by atoms with Crippen molar-refractivity contribution in [2.24, 2.45) is 0 Å². The highest BCUT2D eigenvalue weighted by atomic mass is 32.2. The summed E-state index contributed by atoms with van der Waals surface area (Å²) in [7, 11) is 0. The van der Waals surface area contributed by atoms with Gasteiger partial charge in [0.15, 0.2) is 0 Å². The van der Waals surface area contributed by atoms with Crippen molar-refractivity contribution in [3.05, 3.63) is 0 Å². The average molecular weight is 217 g/mol. The molecule has 1 aliphatic heterocycles. The van der Waals surface area contributed by atoms with Gasteiger partial charge in [-0.25, -0.2) is 0 Å². The summed E-state index contributed by atoms with van der Waals surface area (Å²) in [6.45, 7) is 3.79. The number of aliphatic hydroxyl groups excluding tert-OH is 1. The quantitative estimate of drug-likeness (QED) is 0.668. The molecule has 1 aliphatic rings. The van der Waals surface area contributed by atoms with Gasteiger partial charge in [-0.1, -0.05) is 6.92 Å². The first kappa shape index (κ1) is 12.3. The molecule has 0 amide bonds. The molecule has 2 nitrogen and oxygen atoms in total. The van der Waals surface area contributed by atoms with Crippen LogP contribution in [0, 0.1) is 0 Å². The van der Waals surface area contributed by atoms with Gasteiger partial charge in [-0.3, -0.25) is 0 Å². The lowest BCUT2D eigenvalue weighted by atomic mass is 10.1. The second-order valence-electron chi connectivity index (χ2n) is 4.06. The summed E-state index contributed by atoms with van der Waals surface area (Å²) >= 11 is 2.09. The Balaban J connectivity index is 1.99. The maximum Gasteiger partial charge on any atom is 0.0431 e. The smallest absolute Gasteiger partial charge is 0.0431 e. The van der Waals surface area contributed by atoms with Crippen molar-refractivity contribution in [1.29, 1.82) is 0 Å². The minimum atomic E-state index is 0.343. The zero-order chi connectivity index (χ0) is 10.2. The van der Waals surface area contributed by atoms with Gasteiger partial charge in [-0.05, 0) is 44.4 Å². The van der Waals surface area contributed by atoms with E-state index in [0.717, 1.165) is 30.7 Å². The zero-order valence-electron chi connectivity index (χ0n) is 9.17. The van der Waals surface area contributed by atoms with E-state index in [1.165, 1.54) is 25.0 Å². The van der Waals surface area contributed by atoms with Crippen molar-refractivity contribution in [2.45, 2.75) is 50.3 Å². The Bertz CT molecular complexity index is 143. The van der Waals surface area contributed by atoms with E-state index in [2.05, 4.69) is 24.0 Å². The highest BCUT2D eigenvalue weighted by molar-refractivity contribution is 7.99. The van der Waals surface area contributed by atoms with Crippen molar-refractivity contribution >= 4 is 11.8 Å². The molecule has 0 aliphatic carbocycles. The van der Waals surface area contributed by atoms with Crippen LogP contribution < -0.4 is 5.32 Å². The molecule has 0 aromatic heterocycles. The number of nitrogens with one attached hydrogen (secondary N) is 1. The molecule has 1 rings (SSSR count). The maximum atomic E-state index is 8.63. The molecule has 0 saturated carbocycles. The van der Waals surface area contributed by atoms with Gasteiger partial charge in [0, 0.05) is 17.9 Å². The molecule has 0 spiro atoms. The number of hydrogen-bond donors (Lipinski definition) is 2. The fraction of sp³-hybridized carbons (Fsp3) is 1.00. The van der Waals surface area contributed by atoms with Crippen LogP contribution in [0.3, 0.4) is 0 Å². The van der Waals surface area contributed by atoms with E-state index in [9.17, 15) is 0 Å². The van der Waals surface area contributed by atoms with Crippen molar-refractivity contribution in [2.75, 3.05) is 18.9 Å². The van der Waals surface area contributed by atoms with Gasteiger partial charge < -0.3 is 10.4 Å². The Labute approximate surface area is 91.9 Å². The molecule has 0 bridgehead atoms. The second-order valence-corrected chi connectivity index (χ2v) is 5.55. The molecule has 2 atom stereocenters. The van der Waals surface area contributed by atoms with Crippen molar-refractivity contribution in [3.8, 4) is 0 Å². The van der Waals surface area contributed by atoms with Crippen LogP contribution in [0.25, 0.3) is 0 Å². The highest BCUT2D eigenvalue weighted by Crippen LogP contribution is 2.24. The van der Waals surface area contributed by atoms with E-state index in [1.807, 2.05) is 0 Å². The number of aliphatic hydroxyl groups is 1. The zero-order valence-corrected chi connectivity index (χ0v) is 9.98. The predicted octanol–water partition coefficient (Wildman–Crippen LogP) is 2.02. The lowest BCUT2D eigenvalue weighted by molar-refractivity contribution is 0.282. The van der Waals surface area contributed by atoms with Crippen LogP contribution in [0.2, 0.25) is 0 Å². The van der Waals surface area contributed by atoms with Crippen LogP contribution in [0.4, 0.5) is 0 Å². The lowest BCUT2D eigenvalue weighted by Gasteiger charge is -2.29. The fourth-order valence-electron chi connectivity index (χ4n) is 1.89. The van der Waals surface area contributed by atoms with E-state index in [4.69, 9.17) is 5.11 Å². The minimum absolute atomic E-state index is 0.343. The van der Waals surface area contributed by atoms with E-state index in [0.29, 0.717) is 6.61 Å². The van der Waals surface area contributed by atoms with Crippen molar-refractivity contribution in [3.63, 3.8) is 0 Å². The van der Waals surface area contributed by atoms with E-state index in [1.54, 1.807) is 0 Å². The topological polar surface area (TPSA) is 32.3 Å². The molecule has 0 radical (unpaired) electrons. The molecule has 2 N–H and O–H groups in total. The third-order valence-electron chi connectivity index (χ3n) is 2.85. The summed E-state index contributed by atoms with van der Waals surface area (Å²) in [4.78, 5) is 0. The van der Waals surface area contributed by atoms with Crippen molar-refractivity contribution < 1.29 is 5.11 Å². The van der Waals surface area contributed by atoms with E-state index in [-0.39, 0.29) is 0 Å². The summed E-state index contributed by atoms with van der Waals surface area (Å²) in [6.07, 6.45) is 6.01. The van der Waals surface area contributed by atoms with Crippen LogP contribution in [-0.2, 0) is 0 Å². The molecule has 1 heterocycles. The number of unbranched alkanes of at least 4 members (excludes halogenated alkanes) is 2. The summed E-state index contributed by atoms with van der Waals surface area (Å²) in [5.74, 6) is 1.34. The van der Waals surface area contributed by atoms with Gasteiger partial charge >= 0.3 is 0 Å². The van der Waals surface area contributed by atoms with Gasteiger partial charge in [-0.2, -0.15) is 11.8 Å². The fourth-order valence-corrected chi connectivity index (χ4v) is 3.06. The molecule has 1 saturated heterocycles. The Morgan fingerprint density at radius 1 is 1.36 bits per heavy atom. The first-order valence-corrected chi connectivity index (χ1v) is 6.85. The van der Waals surface area contributed by atoms with Crippen LogP contribution in [0.15, 0.2) is 0 Å². The van der Waals surface area contributed by atoms with Crippen LogP contribution in [0.5, 0.6) is 0 Å². The van der Waals surface area contributed by atoms with Gasteiger partial charge in [0.1, 0.15) is 0 Å². The van der Waals surface area contributed by atoms with Gasteiger partial charge in [0.25, 0.3) is 0 Å². The summed E-state index contributed by atoms with van der Waals surface area (Å²) in [6, 6.07) is 0.725. The molecule has 14 heavy (non-hydrogen) atoms. The second kappa shape index (κ2) is 7.55. The number of thioether (sulfide) groups is 1. The van der Waals surface area contributed by atoms with Crippen molar-refractivity contribution in [1.82, 2.24) is 5.32 Å². The van der Waals surface area contributed by atoms with Crippen LogP contribution >= 0.6 is 11.8 Å². The Hall–Kier alpha value is 0.270. The molecular formula is C11H23NOS. The van der Waals surface area contributed by atoms with Gasteiger partial charge in [0.05, 0.1) is 0 Å². The molecule has 3 heteroatoms. The standard InChI is InChI=1S/C11H23NOS/c1-10-11(6-5-9-14-10)12-7-3-2-4-8-13/h10-13H,2-9H2,1H3. The Morgan fingerprint density at radius 2 is 2.21 bits per heavy atom. The first-order valence-electron chi connectivity index (χ1n) is 5.80. The SMILES string of the molecule is CC1SCCCC1NCCCCCO. The third kappa shape index (κ3) is 4.67. The molecular weight excluding hydrogens is 194 g/mol.